The normalized spacial score (nSPS) is 11.2. The molecule has 7 heteroatoms. The lowest BCUT2D eigenvalue weighted by molar-refractivity contribution is -0.132. The largest absolute Gasteiger partial charge is 0.494 e. The predicted molar refractivity (Wildman–Crippen MR) is 105 cm³/mol. The Labute approximate surface area is 165 Å². The smallest absolute Gasteiger partial charge is 0.279 e. The summed E-state index contributed by atoms with van der Waals surface area (Å²) in [6.07, 6.45) is -0.663. The fraction of sp³-hybridized carbons (Fsp3) is 0.333. The number of nitrogens with one attached hydrogen (secondary N) is 2. The van der Waals surface area contributed by atoms with E-state index in [9.17, 15) is 9.59 Å². The summed E-state index contributed by atoms with van der Waals surface area (Å²) in [6, 6.07) is 14.5. The second-order valence-electron chi connectivity index (χ2n) is 6.12. The highest BCUT2D eigenvalue weighted by Gasteiger charge is 2.15. The van der Waals surface area contributed by atoms with Gasteiger partial charge in [-0.1, -0.05) is 12.1 Å². The summed E-state index contributed by atoms with van der Waals surface area (Å²) in [7, 11) is 0. The van der Waals surface area contributed by atoms with Crippen LogP contribution in [0.15, 0.2) is 48.5 Å². The van der Waals surface area contributed by atoms with Crippen molar-refractivity contribution in [2.75, 3.05) is 13.2 Å². The summed E-state index contributed by atoms with van der Waals surface area (Å²) >= 11 is 0. The molecule has 2 N–H and O–H groups in total. The maximum atomic E-state index is 12.0. The molecule has 1 atom stereocenters. The van der Waals surface area contributed by atoms with Crippen molar-refractivity contribution in [1.29, 1.82) is 0 Å². The summed E-state index contributed by atoms with van der Waals surface area (Å²) < 4.78 is 16.4. The zero-order valence-corrected chi connectivity index (χ0v) is 16.4. The number of hydrogen-bond acceptors (Lipinski definition) is 5. The van der Waals surface area contributed by atoms with Crippen LogP contribution in [0.5, 0.6) is 17.2 Å². The first-order chi connectivity index (χ1) is 13.5. The highest BCUT2D eigenvalue weighted by atomic mass is 16.5. The molecule has 2 amide bonds. The molecule has 0 radical (unpaired) electrons. The average Bonchev–Trinajstić information content (AvgIpc) is 2.68. The first kappa shape index (κ1) is 21.1. The van der Waals surface area contributed by atoms with Gasteiger partial charge in [-0.2, -0.15) is 0 Å². The third-order valence-corrected chi connectivity index (χ3v) is 3.73. The summed E-state index contributed by atoms with van der Waals surface area (Å²) in [5.74, 6) is 1.15. The molecule has 0 heterocycles. The average molecular weight is 386 g/mol. The molecule has 2 aromatic rings. The van der Waals surface area contributed by atoms with Gasteiger partial charge in [0.25, 0.3) is 5.91 Å². The van der Waals surface area contributed by atoms with Crippen molar-refractivity contribution >= 4 is 11.8 Å². The van der Waals surface area contributed by atoms with Crippen molar-refractivity contribution in [3.8, 4) is 17.2 Å². The van der Waals surface area contributed by atoms with Crippen LogP contribution >= 0.6 is 0 Å². The van der Waals surface area contributed by atoms with Gasteiger partial charge in [-0.3, -0.25) is 20.4 Å². The Kier molecular flexibility index (Phi) is 8.14. The molecule has 0 unspecified atom stereocenters. The van der Waals surface area contributed by atoms with Gasteiger partial charge in [-0.15, -0.1) is 0 Å². The van der Waals surface area contributed by atoms with E-state index in [4.69, 9.17) is 14.2 Å². The number of hydrogen-bond donors (Lipinski definition) is 2. The summed E-state index contributed by atoms with van der Waals surface area (Å²) in [5, 5.41) is 0. The van der Waals surface area contributed by atoms with Crippen molar-refractivity contribution in [3.63, 3.8) is 0 Å². The number of hydrazine groups is 1. The highest BCUT2D eigenvalue weighted by molar-refractivity contribution is 5.84. The molecule has 0 bridgehead atoms. The van der Waals surface area contributed by atoms with Gasteiger partial charge in [0.05, 0.1) is 19.6 Å². The third-order valence-electron chi connectivity index (χ3n) is 3.73. The Hall–Kier alpha value is -3.22. The van der Waals surface area contributed by atoms with E-state index in [1.54, 1.807) is 31.2 Å². The third kappa shape index (κ3) is 7.19. The molecule has 0 spiro atoms. The molecule has 0 saturated heterocycles. The minimum atomic E-state index is -0.776. The standard InChI is InChI=1S/C21H26N2O5/c1-4-26-17-8-10-18(11-9-17)28-16(3)21(25)23-22-20(24)12-13-27-19-7-5-6-15(2)14-19/h5-11,14,16H,4,12-13H2,1-3H3,(H,22,24)(H,23,25)/t16-/m0/s1. The Morgan fingerprint density at radius 3 is 2.36 bits per heavy atom. The van der Waals surface area contributed by atoms with Gasteiger partial charge in [0, 0.05) is 0 Å². The van der Waals surface area contributed by atoms with E-state index in [1.165, 1.54) is 0 Å². The van der Waals surface area contributed by atoms with Gasteiger partial charge in [-0.25, -0.2) is 0 Å². The molecule has 0 saturated carbocycles. The quantitative estimate of drug-likeness (QED) is 0.647. The van der Waals surface area contributed by atoms with E-state index in [2.05, 4.69) is 10.9 Å². The Balaban J connectivity index is 1.67. The van der Waals surface area contributed by atoms with Gasteiger partial charge in [0.2, 0.25) is 5.91 Å². The zero-order chi connectivity index (χ0) is 20.4. The molecule has 150 valence electrons. The van der Waals surface area contributed by atoms with Crippen molar-refractivity contribution in [2.45, 2.75) is 33.3 Å². The number of carbonyl (C=O) groups excluding carboxylic acids is 2. The van der Waals surface area contributed by atoms with Crippen LogP contribution in [0.4, 0.5) is 0 Å². The first-order valence-electron chi connectivity index (χ1n) is 9.15. The molecule has 2 aromatic carbocycles. The van der Waals surface area contributed by atoms with Crippen LogP contribution in [0.25, 0.3) is 0 Å². The van der Waals surface area contributed by atoms with Crippen LogP contribution in [-0.2, 0) is 9.59 Å². The van der Waals surface area contributed by atoms with Crippen LogP contribution < -0.4 is 25.1 Å². The maximum Gasteiger partial charge on any atom is 0.279 e. The van der Waals surface area contributed by atoms with Crippen molar-refractivity contribution in [1.82, 2.24) is 10.9 Å². The van der Waals surface area contributed by atoms with Crippen molar-refractivity contribution in [2.24, 2.45) is 0 Å². The number of amides is 2. The van der Waals surface area contributed by atoms with Gasteiger partial charge in [-0.05, 0) is 62.7 Å². The Morgan fingerprint density at radius 2 is 1.68 bits per heavy atom. The lowest BCUT2D eigenvalue weighted by Crippen LogP contribution is -2.47. The van der Waals surface area contributed by atoms with E-state index in [1.807, 2.05) is 38.1 Å². The number of rotatable bonds is 9. The summed E-state index contributed by atoms with van der Waals surface area (Å²) in [6.45, 7) is 6.25. The molecule has 0 aliphatic carbocycles. The lowest BCUT2D eigenvalue weighted by atomic mass is 10.2. The van der Waals surface area contributed by atoms with Crippen LogP contribution in [0, 0.1) is 6.92 Å². The molecule has 28 heavy (non-hydrogen) atoms. The number of aryl methyl sites for hydroxylation is 1. The van der Waals surface area contributed by atoms with E-state index < -0.39 is 12.0 Å². The SMILES string of the molecule is CCOc1ccc(O[C@@H](C)C(=O)NNC(=O)CCOc2cccc(C)c2)cc1. The molecule has 2 rings (SSSR count). The van der Waals surface area contributed by atoms with Crippen molar-refractivity contribution in [3.05, 3.63) is 54.1 Å². The minimum Gasteiger partial charge on any atom is -0.494 e. The highest BCUT2D eigenvalue weighted by Crippen LogP contribution is 2.18. The molecule has 7 nitrogen and oxygen atoms in total. The van der Waals surface area contributed by atoms with E-state index in [-0.39, 0.29) is 18.9 Å². The fourth-order valence-electron chi connectivity index (χ4n) is 2.30. The Morgan fingerprint density at radius 1 is 0.964 bits per heavy atom. The van der Waals surface area contributed by atoms with E-state index >= 15 is 0 Å². The molecule has 0 fully saturated rings. The second kappa shape index (κ2) is 10.8. The van der Waals surface area contributed by atoms with E-state index in [0.29, 0.717) is 18.1 Å². The number of ether oxygens (including phenoxy) is 3. The zero-order valence-electron chi connectivity index (χ0n) is 16.4. The Bertz CT molecular complexity index is 777. The number of carbonyl (C=O) groups is 2. The second-order valence-corrected chi connectivity index (χ2v) is 6.12. The van der Waals surface area contributed by atoms with Crippen molar-refractivity contribution < 1.29 is 23.8 Å². The first-order valence-corrected chi connectivity index (χ1v) is 9.15. The van der Waals surface area contributed by atoms with Gasteiger partial charge in [0.15, 0.2) is 6.10 Å². The summed E-state index contributed by atoms with van der Waals surface area (Å²) in [5.41, 5.74) is 5.78. The molecular weight excluding hydrogens is 360 g/mol. The minimum absolute atomic E-state index is 0.113. The maximum absolute atomic E-state index is 12.0. The molecule has 0 aliphatic heterocycles. The van der Waals surface area contributed by atoms with Gasteiger partial charge in [0.1, 0.15) is 17.2 Å². The molecule has 0 aliphatic rings. The topological polar surface area (TPSA) is 85.9 Å². The predicted octanol–water partition coefficient (Wildman–Crippen LogP) is 2.78. The van der Waals surface area contributed by atoms with Gasteiger partial charge >= 0.3 is 0 Å². The molecule has 0 aromatic heterocycles. The van der Waals surface area contributed by atoms with Crippen LogP contribution in [0.3, 0.4) is 0 Å². The molecular formula is C21H26N2O5. The number of benzene rings is 2. The van der Waals surface area contributed by atoms with Crippen LogP contribution in [0.1, 0.15) is 25.8 Å². The van der Waals surface area contributed by atoms with Crippen LogP contribution in [-0.4, -0.2) is 31.1 Å². The monoisotopic (exact) mass is 386 g/mol. The van der Waals surface area contributed by atoms with E-state index in [0.717, 1.165) is 11.3 Å². The van der Waals surface area contributed by atoms with Crippen LogP contribution in [0.2, 0.25) is 0 Å². The fourth-order valence-corrected chi connectivity index (χ4v) is 2.30. The lowest BCUT2D eigenvalue weighted by Gasteiger charge is -2.15. The van der Waals surface area contributed by atoms with Gasteiger partial charge < -0.3 is 14.2 Å². The summed E-state index contributed by atoms with van der Waals surface area (Å²) in [4.78, 5) is 23.9.